The Morgan fingerprint density at radius 1 is 1.15 bits per heavy atom. The minimum atomic E-state index is -5.08. The molecule has 1 aromatic carbocycles. The van der Waals surface area contributed by atoms with Gasteiger partial charge in [-0.1, -0.05) is 32.9 Å². The van der Waals surface area contributed by atoms with E-state index in [1.165, 1.54) is 11.8 Å². The van der Waals surface area contributed by atoms with E-state index in [1.807, 2.05) is 30.3 Å². The molecule has 1 fully saturated rings. The summed E-state index contributed by atoms with van der Waals surface area (Å²) in [5.74, 6) is -2.49. The van der Waals surface area contributed by atoms with E-state index in [0.29, 0.717) is 22.4 Å². The Morgan fingerprint density at radius 2 is 1.72 bits per heavy atom. The summed E-state index contributed by atoms with van der Waals surface area (Å²) in [4.78, 5) is 34.9. The zero-order valence-electron chi connectivity index (χ0n) is 22.1. The van der Waals surface area contributed by atoms with Gasteiger partial charge in [-0.05, 0) is 46.1 Å². The lowest BCUT2D eigenvalue weighted by Gasteiger charge is -2.32. The summed E-state index contributed by atoms with van der Waals surface area (Å²) in [6, 6.07) is 9.68. The highest BCUT2D eigenvalue weighted by Gasteiger charge is 2.38. The van der Waals surface area contributed by atoms with E-state index >= 15 is 0 Å². The number of carboxylic acids is 1. The van der Waals surface area contributed by atoms with Crippen molar-refractivity contribution in [1.29, 1.82) is 5.26 Å². The van der Waals surface area contributed by atoms with Crippen LogP contribution in [-0.2, 0) is 11.3 Å². The number of halogens is 4. The number of alkyl halides is 3. The third-order valence-corrected chi connectivity index (χ3v) is 5.97. The molecule has 1 amide bonds. The highest BCUT2D eigenvalue weighted by atomic mass is 79.9. The number of carbonyl (C=O) groups excluding carboxylic acids is 1. The molecule has 1 aromatic heterocycles. The summed E-state index contributed by atoms with van der Waals surface area (Å²) in [5.41, 5.74) is 4.58. The van der Waals surface area contributed by atoms with Crippen molar-refractivity contribution in [2.45, 2.75) is 33.5 Å². The van der Waals surface area contributed by atoms with Crippen LogP contribution in [0.5, 0.6) is 0 Å². The molecule has 14 heteroatoms. The van der Waals surface area contributed by atoms with Crippen LogP contribution < -0.4 is 10.4 Å². The molecule has 10 nitrogen and oxygen atoms in total. The molecule has 1 saturated heterocycles. The van der Waals surface area contributed by atoms with Crippen LogP contribution in [-0.4, -0.2) is 82.7 Å². The minimum Gasteiger partial charge on any atom is -0.475 e. The molecule has 0 radical (unpaired) electrons. The molecular formula is C25H31BrF3N7O3. The third kappa shape index (κ3) is 10.8. The molecule has 2 aromatic rings. The molecule has 0 spiro atoms. The van der Waals surface area contributed by atoms with Crippen LogP contribution in [0, 0.1) is 16.7 Å². The van der Waals surface area contributed by atoms with Gasteiger partial charge < -0.3 is 10.0 Å². The first-order valence-corrected chi connectivity index (χ1v) is 12.7. The van der Waals surface area contributed by atoms with Gasteiger partial charge in [0.25, 0.3) is 5.91 Å². The molecule has 0 atom stereocenters. The maximum atomic E-state index is 13.0. The van der Waals surface area contributed by atoms with E-state index in [9.17, 15) is 23.2 Å². The molecule has 1 aliphatic heterocycles. The van der Waals surface area contributed by atoms with Gasteiger partial charge in [-0.15, -0.1) is 0 Å². The van der Waals surface area contributed by atoms with Gasteiger partial charge in [-0.25, -0.2) is 9.78 Å². The summed E-state index contributed by atoms with van der Waals surface area (Å²) >= 11 is 3.44. The lowest BCUT2D eigenvalue weighted by molar-refractivity contribution is -0.192. The largest absolute Gasteiger partial charge is 0.490 e. The van der Waals surface area contributed by atoms with Crippen LogP contribution in [0.2, 0.25) is 0 Å². The van der Waals surface area contributed by atoms with Crippen molar-refractivity contribution in [2.24, 2.45) is 5.41 Å². The SMILES string of the molecule is CN1CCN(Cc2ccc(C(=O)NN(CC(C)(C)C)c3nc(C#N)ncc3Br)cc2)CC1.O=C(O)C(F)(F)F. The van der Waals surface area contributed by atoms with Gasteiger partial charge in [-0.2, -0.15) is 23.4 Å². The molecule has 2 heterocycles. The van der Waals surface area contributed by atoms with Gasteiger partial charge in [0.1, 0.15) is 6.07 Å². The monoisotopic (exact) mass is 613 g/mol. The molecule has 0 unspecified atom stereocenters. The van der Waals surface area contributed by atoms with Crippen molar-refractivity contribution in [2.75, 3.05) is 44.8 Å². The van der Waals surface area contributed by atoms with E-state index in [1.54, 1.807) is 5.01 Å². The van der Waals surface area contributed by atoms with Crippen LogP contribution in [0.3, 0.4) is 0 Å². The summed E-state index contributed by atoms with van der Waals surface area (Å²) in [5, 5.41) is 18.0. The molecule has 212 valence electrons. The Balaban J connectivity index is 0.000000673. The Kier molecular flexibility index (Phi) is 11.2. The molecule has 2 N–H and O–H groups in total. The van der Waals surface area contributed by atoms with Crippen LogP contribution in [0.25, 0.3) is 0 Å². The molecule has 3 rings (SSSR count). The van der Waals surface area contributed by atoms with Crippen LogP contribution in [0.4, 0.5) is 19.0 Å². The van der Waals surface area contributed by atoms with Gasteiger partial charge in [0.15, 0.2) is 5.82 Å². The lowest BCUT2D eigenvalue weighted by atomic mass is 9.97. The number of amides is 1. The van der Waals surface area contributed by atoms with E-state index < -0.39 is 12.1 Å². The lowest BCUT2D eigenvalue weighted by Crippen LogP contribution is -2.47. The Hall–Kier alpha value is -3.28. The van der Waals surface area contributed by atoms with E-state index in [2.05, 4.69) is 68.9 Å². The number of hydrogen-bond donors (Lipinski definition) is 2. The fraction of sp³-hybridized carbons (Fsp3) is 0.480. The number of anilines is 1. The number of benzene rings is 1. The summed E-state index contributed by atoms with van der Waals surface area (Å²) in [7, 11) is 2.15. The topological polar surface area (TPSA) is 126 Å². The summed E-state index contributed by atoms with van der Waals surface area (Å²) in [6.07, 6.45) is -3.56. The van der Waals surface area contributed by atoms with Crippen molar-refractivity contribution in [1.82, 2.24) is 25.2 Å². The van der Waals surface area contributed by atoms with Crippen molar-refractivity contribution < 1.29 is 27.9 Å². The Bertz CT molecular complexity index is 1170. The number of rotatable bonds is 6. The van der Waals surface area contributed by atoms with Gasteiger partial charge in [0.2, 0.25) is 5.82 Å². The zero-order chi connectivity index (χ0) is 29.4. The second-order valence-electron chi connectivity index (χ2n) is 10.1. The molecule has 0 saturated carbocycles. The first-order chi connectivity index (χ1) is 18.1. The highest BCUT2D eigenvalue weighted by Crippen LogP contribution is 2.26. The third-order valence-electron chi connectivity index (χ3n) is 5.41. The number of hydrogen-bond acceptors (Lipinski definition) is 8. The number of aliphatic carboxylic acids is 1. The van der Waals surface area contributed by atoms with Gasteiger partial charge in [0.05, 0.1) is 4.47 Å². The zero-order valence-corrected chi connectivity index (χ0v) is 23.7. The number of piperazine rings is 1. The number of hydrazine groups is 1. The number of nitrogens with zero attached hydrogens (tertiary/aromatic N) is 6. The van der Waals surface area contributed by atoms with Crippen LogP contribution in [0.15, 0.2) is 34.9 Å². The quantitative estimate of drug-likeness (QED) is 0.469. The van der Waals surface area contributed by atoms with Gasteiger partial charge >= 0.3 is 12.1 Å². The van der Waals surface area contributed by atoms with Gasteiger partial charge in [-0.3, -0.25) is 20.1 Å². The Morgan fingerprint density at radius 3 is 2.21 bits per heavy atom. The molecule has 39 heavy (non-hydrogen) atoms. The molecule has 0 bridgehead atoms. The number of likely N-dealkylation sites (N-methyl/N-ethyl adjacent to an activating group) is 1. The number of carbonyl (C=O) groups is 2. The maximum Gasteiger partial charge on any atom is 0.490 e. The second kappa shape index (κ2) is 13.7. The fourth-order valence-electron chi connectivity index (χ4n) is 3.46. The molecule has 1 aliphatic rings. The predicted molar refractivity (Wildman–Crippen MR) is 142 cm³/mol. The highest BCUT2D eigenvalue weighted by molar-refractivity contribution is 9.10. The maximum absolute atomic E-state index is 13.0. The Labute approximate surface area is 233 Å². The summed E-state index contributed by atoms with van der Waals surface area (Å²) < 4.78 is 32.3. The second-order valence-corrected chi connectivity index (χ2v) is 11.0. The van der Waals surface area contributed by atoms with Crippen LogP contribution >= 0.6 is 15.9 Å². The summed E-state index contributed by atoms with van der Waals surface area (Å²) in [6.45, 7) is 11.9. The number of nitriles is 1. The predicted octanol–water partition coefficient (Wildman–Crippen LogP) is 3.69. The fourth-order valence-corrected chi connectivity index (χ4v) is 3.86. The van der Waals surface area contributed by atoms with E-state index in [-0.39, 0.29) is 17.1 Å². The average Bonchev–Trinajstić information content (AvgIpc) is 2.85. The standard InChI is InChI=1S/C23H30BrN7O.C2HF3O2/c1-23(2,3)16-31(21-19(24)14-26-20(13-25)27-21)28-22(32)18-7-5-17(6-8-18)15-30-11-9-29(4)10-12-30;3-2(4,5)1(6)7/h5-8,14H,9-12,15-16H2,1-4H3,(H,28,32);(H,6,7). The molecular weight excluding hydrogens is 583 g/mol. The number of carboxylic acid groups (broad SMARTS) is 1. The smallest absolute Gasteiger partial charge is 0.475 e. The first-order valence-electron chi connectivity index (χ1n) is 11.9. The van der Waals surface area contributed by atoms with Crippen molar-refractivity contribution in [3.8, 4) is 6.07 Å². The minimum absolute atomic E-state index is 0.0459. The first kappa shape index (κ1) is 31.9. The van der Waals surface area contributed by atoms with E-state index in [4.69, 9.17) is 9.90 Å². The van der Waals surface area contributed by atoms with Gasteiger partial charge in [0, 0.05) is 51.0 Å². The number of nitrogens with one attached hydrogen (secondary N) is 1. The van der Waals surface area contributed by atoms with Crippen molar-refractivity contribution in [3.63, 3.8) is 0 Å². The van der Waals surface area contributed by atoms with Crippen LogP contribution in [0.1, 0.15) is 42.5 Å². The normalized spacial score (nSPS) is 14.5. The number of aromatic nitrogens is 2. The average molecular weight is 614 g/mol. The van der Waals surface area contributed by atoms with Crippen molar-refractivity contribution in [3.05, 3.63) is 51.9 Å². The van der Waals surface area contributed by atoms with E-state index in [0.717, 1.165) is 32.7 Å². The molecule has 0 aliphatic carbocycles. The van der Waals surface area contributed by atoms with Crippen molar-refractivity contribution >= 4 is 33.6 Å².